The van der Waals surface area contributed by atoms with Gasteiger partial charge in [-0.3, -0.25) is 0 Å². The number of benzene rings is 1. The van der Waals surface area contributed by atoms with Crippen molar-refractivity contribution in [2.24, 2.45) is 5.10 Å². The molecule has 0 radical (unpaired) electrons. The third kappa shape index (κ3) is 4.72. The van der Waals surface area contributed by atoms with Crippen LogP contribution < -0.4 is 10.2 Å². The molecule has 0 aliphatic heterocycles. The van der Waals surface area contributed by atoms with Gasteiger partial charge in [0.1, 0.15) is 5.75 Å². The summed E-state index contributed by atoms with van der Waals surface area (Å²) in [7, 11) is 0. The number of thioether (sulfide) groups is 1. The summed E-state index contributed by atoms with van der Waals surface area (Å²) in [5.41, 5.74) is 3.86. The van der Waals surface area contributed by atoms with E-state index in [4.69, 9.17) is 4.74 Å². The number of hydrazone groups is 1. The molecule has 1 aliphatic rings. The molecule has 0 bridgehead atoms. The maximum Gasteiger partial charge on any atom is 0.240 e. The number of nitrogens with one attached hydrogen (secondary N) is 2. The Labute approximate surface area is 140 Å². The third-order valence-corrected chi connectivity index (χ3v) is 4.81. The van der Waals surface area contributed by atoms with Crippen molar-refractivity contribution in [1.29, 1.82) is 0 Å². The van der Waals surface area contributed by atoms with Crippen LogP contribution in [0.1, 0.15) is 38.2 Å². The number of H-pyrrole nitrogens is 1. The lowest BCUT2D eigenvalue weighted by atomic mass is 10.2. The number of hydrogen-bond acceptors (Lipinski definition) is 6. The van der Waals surface area contributed by atoms with E-state index in [2.05, 4.69) is 25.7 Å². The molecule has 122 valence electrons. The standard InChI is InChI=1S/C16H21N5OS/c1-2-22-13-9-7-12(8-10-13)11-17-19-15-18-16(21-20-15)23-14-5-3-4-6-14/h7-11,14H,2-6H2,1H3,(H2,18,19,20,21)/b17-11-. The van der Waals surface area contributed by atoms with Gasteiger partial charge in [0.2, 0.25) is 11.1 Å². The Balaban J connectivity index is 1.50. The van der Waals surface area contributed by atoms with Gasteiger partial charge in [0, 0.05) is 5.25 Å². The number of rotatable bonds is 7. The molecule has 0 amide bonds. The molecule has 2 aromatic rings. The van der Waals surface area contributed by atoms with Crippen molar-refractivity contribution < 1.29 is 4.74 Å². The molecule has 3 rings (SSSR count). The maximum absolute atomic E-state index is 5.41. The Hall–Kier alpha value is -2.02. The summed E-state index contributed by atoms with van der Waals surface area (Å²) in [5.74, 6) is 1.43. The fourth-order valence-corrected chi connectivity index (χ4v) is 3.60. The predicted octanol–water partition coefficient (Wildman–Crippen LogP) is 3.68. The zero-order valence-corrected chi connectivity index (χ0v) is 14.0. The number of ether oxygens (including phenoxy) is 1. The summed E-state index contributed by atoms with van der Waals surface area (Å²) < 4.78 is 5.41. The van der Waals surface area contributed by atoms with E-state index in [0.717, 1.165) is 16.5 Å². The minimum atomic E-state index is 0.563. The zero-order chi connectivity index (χ0) is 15.9. The van der Waals surface area contributed by atoms with Gasteiger partial charge in [-0.15, -0.1) is 5.10 Å². The SMILES string of the molecule is CCOc1ccc(/C=N\Nc2nc(SC3CCCC3)n[nH]2)cc1. The van der Waals surface area contributed by atoms with Crippen LogP contribution in [0.2, 0.25) is 0 Å². The van der Waals surface area contributed by atoms with Crippen molar-refractivity contribution in [1.82, 2.24) is 15.2 Å². The number of anilines is 1. The highest BCUT2D eigenvalue weighted by Crippen LogP contribution is 2.33. The van der Waals surface area contributed by atoms with Gasteiger partial charge in [0.25, 0.3) is 0 Å². The summed E-state index contributed by atoms with van der Waals surface area (Å²) in [4.78, 5) is 4.39. The fourth-order valence-electron chi connectivity index (χ4n) is 2.49. The van der Waals surface area contributed by atoms with Gasteiger partial charge in [0.05, 0.1) is 12.8 Å². The molecule has 1 aromatic heterocycles. The highest BCUT2D eigenvalue weighted by atomic mass is 32.2. The Bertz CT molecular complexity index is 634. The van der Waals surface area contributed by atoms with Gasteiger partial charge < -0.3 is 4.74 Å². The Morgan fingerprint density at radius 2 is 2.13 bits per heavy atom. The summed E-state index contributed by atoms with van der Waals surface area (Å²) in [6.45, 7) is 2.64. The first-order valence-corrected chi connectivity index (χ1v) is 8.82. The van der Waals surface area contributed by atoms with Gasteiger partial charge in [-0.2, -0.15) is 10.1 Å². The van der Waals surface area contributed by atoms with Crippen molar-refractivity contribution >= 4 is 23.9 Å². The molecule has 1 aromatic carbocycles. The van der Waals surface area contributed by atoms with Gasteiger partial charge in [0.15, 0.2) is 0 Å². The second-order valence-electron chi connectivity index (χ2n) is 5.36. The first-order chi connectivity index (χ1) is 11.3. The van der Waals surface area contributed by atoms with Crippen LogP contribution in [-0.2, 0) is 0 Å². The first kappa shape index (κ1) is 15.9. The van der Waals surface area contributed by atoms with Gasteiger partial charge in [-0.1, -0.05) is 24.6 Å². The maximum atomic E-state index is 5.41. The number of nitrogens with zero attached hydrogens (tertiary/aromatic N) is 3. The molecule has 7 heteroatoms. The van der Waals surface area contributed by atoms with Crippen molar-refractivity contribution in [3.63, 3.8) is 0 Å². The average molecular weight is 331 g/mol. The normalized spacial score (nSPS) is 15.3. The minimum absolute atomic E-state index is 0.563. The van der Waals surface area contributed by atoms with Crippen LogP contribution in [0.3, 0.4) is 0 Å². The third-order valence-electron chi connectivity index (χ3n) is 3.61. The van der Waals surface area contributed by atoms with E-state index in [1.165, 1.54) is 25.7 Å². The Morgan fingerprint density at radius 3 is 2.87 bits per heavy atom. The van der Waals surface area contributed by atoms with E-state index in [1.807, 2.05) is 31.2 Å². The van der Waals surface area contributed by atoms with Gasteiger partial charge >= 0.3 is 0 Å². The number of aromatic nitrogens is 3. The highest BCUT2D eigenvalue weighted by Gasteiger charge is 2.18. The van der Waals surface area contributed by atoms with Crippen LogP contribution in [0.25, 0.3) is 0 Å². The molecule has 0 unspecified atom stereocenters. The second kappa shape index (κ2) is 8.01. The zero-order valence-electron chi connectivity index (χ0n) is 13.2. The van der Waals surface area contributed by atoms with Crippen molar-refractivity contribution in [3.05, 3.63) is 29.8 Å². The predicted molar refractivity (Wildman–Crippen MR) is 93.3 cm³/mol. The molecule has 0 atom stereocenters. The molecule has 1 fully saturated rings. The van der Waals surface area contributed by atoms with Crippen LogP contribution >= 0.6 is 11.8 Å². The van der Waals surface area contributed by atoms with Crippen LogP contribution in [0, 0.1) is 0 Å². The summed E-state index contributed by atoms with van der Waals surface area (Å²) in [5, 5.41) is 12.7. The van der Waals surface area contributed by atoms with E-state index < -0.39 is 0 Å². The van der Waals surface area contributed by atoms with E-state index >= 15 is 0 Å². The number of hydrogen-bond donors (Lipinski definition) is 2. The monoisotopic (exact) mass is 331 g/mol. The molecule has 1 aliphatic carbocycles. The summed E-state index contributed by atoms with van der Waals surface area (Å²) >= 11 is 1.75. The molecule has 6 nitrogen and oxygen atoms in total. The van der Waals surface area contributed by atoms with Gasteiger partial charge in [-0.25, -0.2) is 10.5 Å². The highest BCUT2D eigenvalue weighted by molar-refractivity contribution is 7.99. The van der Waals surface area contributed by atoms with Crippen molar-refractivity contribution in [3.8, 4) is 5.75 Å². The second-order valence-corrected chi connectivity index (χ2v) is 6.63. The van der Waals surface area contributed by atoms with Crippen LogP contribution in [0.4, 0.5) is 5.95 Å². The molecular weight excluding hydrogens is 310 g/mol. The van der Waals surface area contributed by atoms with Crippen LogP contribution in [-0.4, -0.2) is 33.3 Å². The topological polar surface area (TPSA) is 75.2 Å². The number of aromatic amines is 1. The Kier molecular flexibility index (Phi) is 5.52. The smallest absolute Gasteiger partial charge is 0.240 e. The molecule has 1 heterocycles. The van der Waals surface area contributed by atoms with Crippen LogP contribution in [0.15, 0.2) is 34.5 Å². The van der Waals surface area contributed by atoms with E-state index in [1.54, 1.807) is 18.0 Å². The average Bonchev–Trinajstić information content (AvgIpc) is 3.22. The van der Waals surface area contributed by atoms with Crippen molar-refractivity contribution in [2.75, 3.05) is 12.0 Å². The molecular formula is C16H21N5OS. The van der Waals surface area contributed by atoms with Crippen LogP contribution in [0.5, 0.6) is 5.75 Å². The quantitative estimate of drug-likeness (QED) is 0.598. The van der Waals surface area contributed by atoms with E-state index in [-0.39, 0.29) is 0 Å². The molecule has 23 heavy (non-hydrogen) atoms. The first-order valence-electron chi connectivity index (χ1n) is 7.94. The lowest BCUT2D eigenvalue weighted by Gasteiger charge is -2.02. The minimum Gasteiger partial charge on any atom is -0.494 e. The molecule has 1 saturated carbocycles. The lowest BCUT2D eigenvalue weighted by Crippen LogP contribution is -1.95. The lowest BCUT2D eigenvalue weighted by molar-refractivity contribution is 0.340. The largest absolute Gasteiger partial charge is 0.494 e. The van der Waals surface area contributed by atoms with Crippen molar-refractivity contribution in [2.45, 2.75) is 43.0 Å². The molecule has 0 spiro atoms. The summed E-state index contributed by atoms with van der Waals surface area (Å²) in [6, 6.07) is 7.77. The van der Waals surface area contributed by atoms with E-state index in [9.17, 15) is 0 Å². The Morgan fingerprint density at radius 1 is 1.35 bits per heavy atom. The van der Waals surface area contributed by atoms with E-state index in [0.29, 0.717) is 17.8 Å². The fraction of sp³-hybridized carbons (Fsp3) is 0.438. The summed E-state index contributed by atoms with van der Waals surface area (Å²) in [6.07, 6.45) is 6.90. The van der Waals surface area contributed by atoms with Gasteiger partial charge in [-0.05, 0) is 49.6 Å². The molecule has 0 saturated heterocycles. The molecule has 2 N–H and O–H groups in total.